The van der Waals surface area contributed by atoms with Gasteiger partial charge in [-0.3, -0.25) is 4.90 Å². The number of hydrogen-bond donors (Lipinski definition) is 0. The van der Waals surface area contributed by atoms with Crippen molar-refractivity contribution in [1.82, 2.24) is 4.90 Å². The lowest BCUT2D eigenvalue weighted by Gasteiger charge is -2.38. The smallest absolute Gasteiger partial charge is 0.337 e. The summed E-state index contributed by atoms with van der Waals surface area (Å²) < 4.78 is 25.2. The minimum Gasteiger partial charge on any atom is -0.465 e. The van der Waals surface area contributed by atoms with Crippen LogP contribution in [0.5, 0.6) is 0 Å². The van der Waals surface area contributed by atoms with Crippen molar-refractivity contribution in [2.45, 2.75) is 39.5 Å². The van der Waals surface area contributed by atoms with E-state index in [-0.39, 0.29) is 30.5 Å². The molecule has 2 aromatic rings. The van der Waals surface area contributed by atoms with Gasteiger partial charge in [0.1, 0.15) is 5.82 Å². The molecule has 7 heteroatoms. The number of urea groups is 1. The molecule has 0 saturated carbocycles. The Morgan fingerprint density at radius 1 is 1.13 bits per heavy atom. The highest BCUT2D eigenvalue weighted by molar-refractivity contribution is 5.92. The van der Waals surface area contributed by atoms with Crippen LogP contribution in [-0.4, -0.2) is 49.3 Å². The minimum atomic E-state index is -0.455. The molecule has 0 aromatic heterocycles. The number of ether oxygens (including phenoxy) is 2. The predicted molar refractivity (Wildman–Crippen MR) is 112 cm³/mol. The zero-order valence-corrected chi connectivity index (χ0v) is 17.7. The maximum atomic E-state index is 14.8. The Hall–Kier alpha value is -2.93. The highest BCUT2D eigenvalue weighted by atomic mass is 19.1. The van der Waals surface area contributed by atoms with E-state index >= 15 is 0 Å². The lowest BCUT2D eigenvalue weighted by molar-refractivity contribution is -0.0537. The number of benzene rings is 2. The van der Waals surface area contributed by atoms with Crippen molar-refractivity contribution in [3.63, 3.8) is 0 Å². The number of carbonyl (C=O) groups is 2. The van der Waals surface area contributed by atoms with Crippen molar-refractivity contribution in [2.24, 2.45) is 0 Å². The van der Waals surface area contributed by atoms with Crippen molar-refractivity contribution in [2.75, 3.05) is 25.1 Å². The van der Waals surface area contributed by atoms with E-state index in [0.29, 0.717) is 18.7 Å². The quantitative estimate of drug-likeness (QED) is 0.705. The van der Waals surface area contributed by atoms with E-state index in [4.69, 9.17) is 9.47 Å². The second kappa shape index (κ2) is 9.26. The minimum absolute atomic E-state index is 0.0956. The van der Waals surface area contributed by atoms with Gasteiger partial charge >= 0.3 is 12.0 Å². The van der Waals surface area contributed by atoms with Crippen LogP contribution in [0.4, 0.5) is 14.9 Å². The molecule has 3 rings (SSSR count). The molecule has 0 bridgehead atoms. The van der Waals surface area contributed by atoms with Crippen LogP contribution in [-0.2, 0) is 16.0 Å². The molecular weight excluding hydrogens is 387 g/mol. The van der Waals surface area contributed by atoms with Crippen LogP contribution in [0, 0.1) is 12.7 Å². The van der Waals surface area contributed by atoms with E-state index in [2.05, 4.69) is 0 Å². The molecule has 1 aliphatic rings. The van der Waals surface area contributed by atoms with Crippen LogP contribution in [0.25, 0.3) is 0 Å². The Bertz CT molecular complexity index is 906. The summed E-state index contributed by atoms with van der Waals surface area (Å²) in [5, 5.41) is 0. The van der Waals surface area contributed by atoms with Crippen LogP contribution in [0.2, 0.25) is 0 Å². The molecule has 1 heterocycles. The molecule has 0 spiro atoms. The number of anilines is 1. The molecular formula is C23H27FN2O4. The molecule has 1 aliphatic heterocycles. The van der Waals surface area contributed by atoms with Gasteiger partial charge in [-0.15, -0.1) is 0 Å². The molecule has 1 fully saturated rings. The van der Waals surface area contributed by atoms with Crippen LogP contribution >= 0.6 is 0 Å². The lowest BCUT2D eigenvalue weighted by Crippen LogP contribution is -2.53. The van der Waals surface area contributed by atoms with Crippen molar-refractivity contribution in [3.8, 4) is 0 Å². The standard InChI is InChI=1S/C23H27FN2O4/c1-15-5-10-21(20(24)11-15)26(23(28)25-12-16(2)30-17(3)13-25)14-18-6-8-19(9-7-18)22(27)29-4/h5-11,16-17H,12-14H2,1-4H3. The van der Waals surface area contributed by atoms with Crippen molar-refractivity contribution in [3.05, 3.63) is 65.0 Å². The number of amides is 2. The number of morpholine rings is 1. The zero-order valence-electron chi connectivity index (χ0n) is 17.7. The van der Waals surface area contributed by atoms with E-state index in [9.17, 15) is 14.0 Å². The fourth-order valence-electron chi connectivity index (χ4n) is 3.64. The third kappa shape index (κ3) is 4.97. The predicted octanol–water partition coefficient (Wildman–Crippen LogP) is 4.16. The molecule has 1 saturated heterocycles. The van der Waals surface area contributed by atoms with E-state index < -0.39 is 11.8 Å². The number of carbonyl (C=O) groups excluding carboxylic acids is 2. The molecule has 2 aromatic carbocycles. The molecule has 2 amide bonds. The molecule has 6 nitrogen and oxygen atoms in total. The number of nitrogens with zero attached hydrogens (tertiary/aromatic N) is 2. The highest BCUT2D eigenvalue weighted by Crippen LogP contribution is 2.25. The number of hydrogen-bond acceptors (Lipinski definition) is 4. The summed E-state index contributed by atoms with van der Waals surface area (Å²) in [6.45, 7) is 6.68. The first-order valence-electron chi connectivity index (χ1n) is 9.93. The Morgan fingerprint density at radius 2 is 1.77 bits per heavy atom. The fraction of sp³-hybridized carbons (Fsp3) is 0.391. The SMILES string of the molecule is COC(=O)c1ccc(CN(C(=O)N2CC(C)OC(C)C2)c2ccc(C)cc2F)cc1. The largest absolute Gasteiger partial charge is 0.465 e. The maximum Gasteiger partial charge on any atom is 0.337 e. The summed E-state index contributed by atoms with van der Waals surface area (Å²) in [6, 6.07) is 11.3. The summed E-state index contributed by atoms with van der Waals surface area (Å²) in [7, 11) is 1.32. The van der Waals surface area contributed by atoms with Crippen LogP contribution in [0.3, 0.4) is 0 Å². The van der Waals surface area contributed by atoms with E-state index in [0.717, 1.165) is 11.1 Å². The van der Waals surface area contributed by atoms with E-state index in [1.54, 1.807) is 48.2 Å². The third-order valence-electron chi connectivity index (χ3n) is 5.03. The maximum absolute atomic E-state index is 14.8. The molecule has 2 unspecified atom stereocenters. The first-order valence-corrected chi connectivity index (χ1v) is 9.93. The van der Waals surface area contributed by atoms with Gasteiger partial charge in [-0.2, -0.15) is 0 Å². The lowest BCUT2D eigenvalue weighted by atomic mass is 10.1. The van der Waals surface area contributed by atoms with Gasteiger partial charge < -0.3 is 14.4 Å². The van der Waals surface area contributed by atoms with Gasteiger partial charge in [-0.25, -0.2) is 14.0 Å². The molecule has 30 heavy (non-hydrogen) atoms. The molecule has 2 atom stereocenters. The van der Waals surface area contributed by atoms with Crippen LogP contribution in [0.1, 0.15) is 35.3 Å². The Labute approximate surface area is 176 Å². The summed E-state index contributed by atoms with van der Waals surface area (Å²) >= 11 is 0. The van der Waals surface area contributed by atoms with Gasteiger partial charge in [-0.1, -0.05) is 18.2 Å². The van der Waals surface area contributed by atoms with Crippen LogP contribution in [0.15, 0.2) is 42.5 Å². The summed E-state index contributed by atoms with van der Waals surface area (Å²) in [6.07, 6.45) is -0.191. The zero-order chi connectivity index (χ0) is 21.8. The number of halogens is 1. The summed E-state index contributed by atoms with van der Waals surface area (Å²) in [4.78, 5) is 28.2. The average molecular weight is 414 g/mol. The van der Waals surface area contributed by atoms with E-state index in [1.165, 1.54) is 18.1 Å². The van der Waals surface area contributed by atoms with Gasteiger partial charge in [0.2, 0.25) is 0 Å². The van der Waals surface area contributed by atoms with Crippen molar-refractivity contribution < 1.29 is 23.5 Å². The Kier molecular flexibility index (Phi) is 6.72. The molecule has 0 radical (unpaired) electrons. The van der Waals surface area contributed by atoms with Gasteiger partial charge in [-0.05, 0) is 56.2 Å². The van der Waals surface area contributed by atoms with Crippen molar-refractivity contribution in [1.29, 1.82) is 0 Å². The van der Waals surface area contributed by atoms with Gasteiger partial charge in [0, 0.05) is 13.1 Å². The monoisotopic (exact) mass is 414 g/mol. The van der Waals surface area contributed by atoms with Crippen molar-refractivity contribution >= 4 is 17.7 Å². The number of aryl methyl sites for hydroxylation is 1. The number of esters is 1. The highest BCUT2D eigenvalue weighted by Gasteiger charge is 2.31. The first kappa shape index (κ1) is 21.8. The average Bonchev–Trinajstić information content (AvgIpc) is 2.71. The second-order valence-electron chi connectivity index (χ2n) is 7.67. The summed E-state index contributed by atoms with van der Waals surface area (Å²) in [5.41, 5.74) is 2.18. The molecule has 0 aliphatic carbocycles. The topological polar surface area (TPSA) is 59.1 Å². The Balaban J connectivity index is 1.91. The van der Waals surface area contributed by atoms with E-state index in [1.807, 2.05) is 13.8 Å². The van der Waals surface area contributed by atoms with Gasteiger partial charge in [0.05, 0.1) is 37.1 Å². The first-order chi connectivity index (χ1) is 14.3. The summed E-state index contributed by atoms with van der Waals surface area (Å²) in [5.74, 6) is -0.890. The Morgan fingerprint density at radius 3 is 2.33 bits per heavy atom. The van der Waals surface area contributed by atoms with Gasteiger partial charge in [0.25, 0.3) is 0 Å². The fourth-order valence-corrected chi connectivity index (χ4v) is 3.64. The van der Waals surface area contributed by atoms with Crippen LogP contribution < -0.4 is 4.90 Å². The number of methoxy groups -OCH3 is 1. The molecule has 0 N–H and O–H groups in total. The van der Waals surface area contributed by atoms with Gasteiger partial charge in [0.15, 0.2) is 0 Å². The molecule has 160 valence electrons. The third-order valence-corrected chi connectivity index (χ3v) is 5.03. The second-order valence-corrected chi connectivity index (χ2v) is 7.67. The number of rotatable bonds is 4. The normalized spacial score (nSPS) is 18.8.